The van der Waals surface area contributed by atoms with E-state index in [0.29, 0.717) is 50.5 Å². The van der Waals surface area contributed by atoms with Gasteiger partial charge in [0.15, 0.2) is 23.8 Å². The number of nitrogens with one attached hydrogen (secondary N) is 3. The minimum atomic E-state index is -3.86. The van der Waals surface area contributed by atoms with Gasteiger partial charge >= 0.3 is 35.8 Å². The summed E-state index contributed by atoms with van der Waals surface area (Å²) in [6.07, 6.45) is 0.775. The Balaban J connectivity index is 0.000000239. The number of carbonyl (C=O) groups is 10. The van der Waals surface area contributed by atoms with Crippen LogP contribution in [0.1, 0.15) is 131 Å². The van der Waals surface area contributed by atoms with Crippen molar-refractivity contribution in [3.8, 4) is 23.3 Å². The molecule has 8 N–H and O–H groups in total. The lowest BCUT2D eigenvalue weighted by Crippen LogP contribution is -2.50. The van der Waals surface area contributed by atoms with Crippen molar-refractivity contribution in [2.75, 3.05) is 23.8 Å². The van der Waals surface area contributed by atoms with Crippen LogP contribution in [0.3, 0.4) is 0 Å². The van der Waals surface area contributed by atoms with Crippen LogP contribution in [0.5, 0.6) is 17.2 Å². The number of nitriles is 1. The maximum Gasteiger partial charge on any atom is 0.340 e. The number of aliphatic carboxylic acids is 1. The smallest absolute Gasteiger partial charge is 0.340 e. The molecular weight excluding hydrogens is 1720 g/mol. The number of hydrogen-bond donors (Lipinski definition) is 7. The molecule has 3 heterocycles. The van der Waals surface area contributed by atoms with Crippen molar-refractivity contribution in [3.05, 3.63) is 183 Å². The predicted octanol–water partition coefficient (Wildman–Crippen LogP) is 14.6. The number of para-hydroxylation sites is 1. The van der Waals surface area contributed by atoms with Gasteiger partial charge in [-0.2, -0.15) is 5.26 Å². The van der Waals surface area contributed by atoms with Crippen LogP contribution in [0, 0.1) is 41.9 Å². The average molecular weight is 1800 g/mol. The zero-order chi connectivity index (χ0) is 84.0. The van der Waals surface area contributed by atoms with Gasteiger partial charge in [0.05, 0.1) is 73.3 Å². The number of carbonyl (C=O) groups excluding carboxylic acids is 9. The lowest BCUT2D eigenvalue weighted by Gasteiger charge is -2.30. The number of nitrogens with zero attached hydrogens (tertiary/aromatic N) is 2. The highest BCUT2D eigenvalue weighted by atomic mass is 79.9. The van der Waals surface area contributed by atoms with E-state index in [0.717, 1.165) is 28.2 Å². The number of sulfone groups is 1. The number of fused-ring (bicyclic) bond motifs is 1. The molecule has 2 saturated heterocycles. The lowest BCUT2D eigenvalue weighted by atomic mass is 9.79. The number of amides is 4. The number of benzene rings is 6. The Morgan fingerprint density at radius 3 is 2.03 bits per heavy atom. The van der Waals surface area contributed by atoms with Crippen molar-refractivity contribution in [3.63, 3.8) is 0 Å². The summed E-state index contributed by atoms with van der Waals surface area (Å²) in [5.74, 6) is -10.4. The number of phenols is 2. The van der Waals surface area contributed by atoms with Gasteiger partial charge in [0.2, 0.25) is 22.1 Å². The Hall–Kier alpha value is -9.59. The van der Waals surface area contributed by atoms with Gasteiger partial charge in [0, 0.05) is 31.0 Å². The fourth-order valence-electron chi connectivity index (χ4n) is 11.4. The summed E-state index contributed by atoms with van der Waals surface area (Å²) in [6.45, 7) is 17.2. The van der Waals surface area contributed by atoms with E-state index in [4.69, 9.17) is 81.2 Å². The number of aromatic hydroxyl groups is 2. The van der Waals surface area contributed by atoms with Gasteiger partial charge in [0.1, 0.15) is 39.6 Å². The van der Waals surface area contributed by atoms with Gasteiger partial charge in [0.25, 0.3) is 17.7 Å². The van der Waals surface area contributed by atoms with Crippen molar-refractivity contribution in [2.45, 2.75) is 141 Å². The molecule has 2 fully saturated rings. The molecule has 4 amide bonds. The quantitative estimate of drug-likeness (QED) is 0.00782. The molecule has 0 spiro atoms. The zero-order valence-corrected chi connectivity index (χ0v) is 70.3. The second-order valence-electron chi connectivity index (χ2n) is 25.9. The molecule has 3 aliphatic rings. The van der Waals surface area contributed by atoms with Crippen molar-refractivity contribution in [1.82, 2.24) is 10.2 Å². The Morgan fingerprint density at radius 1 is 0.788 bits per heavy atom. The maximum absolute atomic E-state index is 13.2. The zero-order valence-electron chi connectivity index (χ0n) is 62.4. The fraction of sp³-hybridized carbons (Fsp3) is 0.333. The highest BCUT2D eigenvalue weighted by molar-refractivity contribution is 9.10. The van der Waals surface area contributed by atoms with Gasteiger partial charge in [-0.15, -0.1) is 0 Å². The summed E-state index contributed by atoms with van der Waals surface area (Å²) in [4.78, 5) is 125. The molecule has 27 nitrogen and oxygen atoms in total. The number of thioether (sulfide) groups is 1. The first kappa shape index (κ1) is 92.3. The molecule has 0 aliphatic carbocycles. The highest BCUT2D eigenvalue weighted by Crippen LogP contribution is 2.45. The van der Waals surface area contributed by atoms with Gasteiger partial charge in [-0.05, 0) is 167 Å². The number of phenolic OH excluding ortho intramolecular Hbond substituents is 2. The van der Waals surface area contributed by atoms with Crippen LogP contribution in [-0.4, -0.2) is 137 Å². The first-order valence-electron chi connectivity index (χ1n) is 34.8. The van der Waals surface area contributed by atoms with E-state index in [2.05, 4.69) is 47.8 Å². The fourth-order valence-corrected chi connectivity index (χ4v) is 15.2. The third kappa shape index (κ3) is 24.5. The maximum atomic E-state index is 13.2. The molecular formula is C78H81Br2Cl3N6O21S3. The standard InChI is InChI=1S/C26H36N2O9.C20H14Cl3NO4S.C17H17BrN2O5.C15H14BrNO3S2/c1-6-7-9-18-23(37-20(30)12-14(2)3)16(5)36-26(34)21(15(4)35-25(18)33)28-24(32)17-10-8-11-19(22(17)31)27-13-29;1-11-8-13(22)9-16(19(11)25)20(26)24-18-10-15(6-7-17(18)23)29(27,28)14-4-2-12(21)3-5-14;1-3-23-16(21)11(8-19)13-10-7-9(18)5-6-12(10)25-15(20)14(13)17(22)24-4-2;1-8(2)12(14(19)20)17-13(18)11(22-15(17)21)7-9-3-5-10(16)6-4-9/h8,10-11,13-16,18,21,23,31H,6-7,9,12H2,1-5H3,(H,27,29)(H,28,32);2-10,25H,1H3,(H,24,26);5-7,11,13H,3-4,20H2,1-2H3;3-8,12H,1-2H3,(H,19,20)/b;;;11-7-/t15-,16+,18-,21+,23+;;;/m1.../s1. The number of carboxylic acid groups (broad SMARTS) is 1. The molecule has 0 radical (unpaired) electrons. The number of carboxylic acids is 1. The van der Waals surface area contributed by atoms with E-state index in [1.165, 1.54) is 91.5 Å². The van der Waals surface area contributed by atoms with Crippen molar-refractivity contribution < 1.29 is 100 Å². The molecule has 0 saturated carbocycles. The number of nitrogens with two attached hydrogens (primary N) is 1. The summed E-state index contributed by atoms with van der Waals surface area (Å²) < 4.78 is 59.9. The van der Waals surface area contributed by atoms with Gasteiger partial charge in [-0.25, -0.2) is 22.8 Å². The van der Waals surface area contributed by atoms with Crippen LogP contribution in [0.2, 0.25) is 15.1 Å². The first-order valence-corrected chi connectivity index (χ1v) is 40.3. The summed E-state index contributed by atoms with van der Waals surface area (Å²) >= 11 is 30.9. The number of aryl methyl sites for hydroxylation is 1. The van der Waals surface area contributed by atoms with Crippen molar-refractivity contribution in [1.29, 1.82) is 5.26 Å². The summed E-state index contributed by atoms with van der Waals surface area (Å²) in [5, 5.41) is 47.5. The number of cyclic esters (lactones) is 2. The van der Waals surface area contributed by atoms with Gasteiger partial charge < -0.3 is 65.4 Å². The SMILES string of the molecule is CC(C)C(C(=O)O)N1C(=O)/C(=C/c2ccc(Br)cc2)SC1=S.CCCC[C@H]1C(=O)O[C@H](C)[C@H](NC(=O)c2cccc(NC=O)c2O)C(=O)O[C@@H](C)[C@@H]1OC(=O)CC(C)C.CCOC(=O)C1=C(N)Oc2ccc(Br)cc2C1C(C#N)C(=O)OCC.Cc1cc(Cl)cc(C(=O)Nc2cc(S(=O)(=O)c3ccc(Cl)cc3)ccc2Cl)c1O. The molecule has 6 aromatic carbocycles. The molecule has 3 unspecified atom stereocenters. The van der Waals surface area contributed by atoms with Crippen LogP contribution < -0.4 is 26.4 Å². The third-order valence-electron chi connectivity index (χ3n) is 16.9. The van der Waals surface area contributed by atoms with E-state index >= 15 is 0 Å². The number of halogens is 5. The van der Waals surface area contributed by atoms with Crippen LogP contribution in [0.15, 0.2) is 150 Å². The minimum Gasteiger partial charge on any atom is -0.507 e. The molecule has 0 aromatic heterocycles. The average Bonchev–Trinajstić information content (AvgIpc) is 1.57. The number of unbranched alkanes of at least 4 members (excludes halogenated alkanes) is 1. The monoisotopic (exact) mass is 1800 g/mol. The molecule has 8 atom stereocenters. The summed E-state index contributed by atoms with van der Waals surface area (Å²) in [7, 11) is -3.86. The topological polar surface area (TPSA) is 410 Å². The lowest BCUT2D eigenvalue weighted by molar-refractivity contribution is -0.175. The van der Waals surface area contributed by atoms with Crippen LogP contribution >= 0.6 is 90.6 Å². The van der Waals surface area contributed by atoms with E-state index < -0.39 is 111 Å². The molecule has 3 aliphatic heterocycles. The van der Waals surface area contributed by atoms with E-state index in [1.54, 1.807) is 58.9 Å². The summed E-state index contributed by atoms with van der Waals surface area (Å²) in [6, 6.07) is 28.7. The molecule has 9 rings (SSSR count). The predicted molar refractivity (Wildman–Crippen MR) is 433 cm³/mol. The van der Waals surface area contributed by atoms with Gasteiger partial charge in [-0.1, -0.05) is 156 Å². The Morgan fingerprint density at radius 2 is 1.42 bits per heavy atom. The normalized spacial score (nSPS) is 18.1. The second kappa shape index (κ2) is 42.5. The number of anilines is 2. The van der Waals surface area contributed by atoms with E-state index in [9.17, 15) is 76.9 Å². The number of hydrogen-bond acceptors (Lipinski definition) is 24. The third-order valence-corrected chi connectivity index (χ3v) is 21.8. The largest absolute Gasteiger partial charge is 0.507 e. The van der Waals surface area contributed by atoms with E-state index in [-0.39, 0.29) is 101 Å². The Bertz CT molecular complexity index is 4810. The number of thiocarbonyl (C=S) groups is 1. The Labute approximate surface area is 693 Å². The highest BCUT2D eigenvalue weighted by Gasteiger charge is 2.47. The molecule has 0 bridgehead atoms. The number of esters is 5. The number of ether oxygens (including phenoxy) is 6. The molecule has 6 aromatic rings. The van der Waals surface area contributed by atoms with Crippen molar-refractivity contribution in [2.24, 2.45) is 29.4 Å². The second-order valence-corrected chi connectivity index (χ2v) is 32.7. The van der Waals surface area contributed by atoms with Crippen LogP contribution in [0.25, 0.3) is 6.08 Å². The Kier molecular flexibility index (Phi) is 34.7. The summed E-state index contributed by atoms with van der Waals surface area (Å²) in [5.41, 5.74) is 7.40. The molecule has 113 heavy (non-hydrogen) atoms. The minimum absolute atomic E-state index is 0.00221. The first-order chi connectivity index (χ1) is 53.3. The molecule has 35 heteroatoms. The van der Waals surface area contributed by atoms with Crippen molar-refractivity contribution >= 4 is 182 Å². The van der Waals surface area contributed by atoms with Crippen LogP contribution in [0.4, 0.5) is 11.4 Å². The van der Waals surface area contributed by atoms with Gasteiger partial charge in [-0.3, -0.25) is 38.5 Å². The van der Waals surface area contributed by atoms with E-state index in [1.807, 2.05) is 51.1 Å². The number of rotatable bonds is 23. The molecule has 602 valence electrons. The van der Waals surface area contributed by atoms with Crippen LogP contribution in [-0.2, 0) is 71.9 Å².